The van der Waals surface area contributed by atoms with E-state index in [4.69, 9.17) is 16.9 Å². The first-order valence-corrected chi connectivity index (χ1v) is 6.69. The summed E-state index contributed by atoms with van der Waals surface area (Å²) in [6.45, 7) is 3.24. The van der Waals surface area contributed by atoms with Crippen molar-refractivity contribution < 1.29 is 0 Å². The van der Waals surface area contributed by atoms with Crippen molar-refractivity contribution in [2.24, 2.45) is 5.92 Å². The molecule has 18 heavy (non-hydrogen) atoms. The van der Waals surface area contributed by atoms with Crippen molar-refractivity contribution in [3.63, 3.8) is 0 Å². The number of benzene rings is 1. The Kier molecular flexibility index (Phi) is 4.46. The third-order valence-electron chi connectivity index (χ3n) is 3.54. The van der Waals surface area contributed by atoms with Crippen LogP contribution in [-0.2, 0) is 0 Å². The summed E-state index contributed by atoms with van der Waals surface area (Å²) in [5.74, 6) is 0.687. The summed E-state index contributed by atoms with van der Waals surface area (Å²) < 4.78 is 0. The van der Waals surface area contributed by atoms with E-state index in [2.05, 4.69) is 23.3 Å². The predicted octanol–water partition coefficient (Wildman–Crippen LogP) is 2.97. The first-order valence-electron chi connectivity index (χ1n) is 6.31. The average Bonchev–Trinajstić information content (AvgIpc) is 2.38. The van der Waals surface area contributed by atoms with Crippen molar-refractivity contribution in [1.82, 2.24) is 4.90 Å². The molecule has 0 bridgehead atoms. The predicted molar refractivity (Wildman–Crippen MR) is 74.9 cm³/mol. The van der Waals surface area contributed by atoms with Gasteiger partial charge in [-0.15, -0.1) is 0 Å². The van der Waals surface area contributed by atoms with E-state index in [0.717, 1.165) is 25.3 Å². The standard InChI is InChI=1S/C14H18ClN3/c1-18-7-5-11(6-8-18)10-17-14-4-2-3-13(15)12(14)9-16/h2-4,11,17H,5-8,10H2,1H3. The minimum absolute atomic E-state index is 0.519. The Morgan fingerprint density at radius 3 is 2.83 bits per heavy atom. The molecule has 1 aliphatic heterocycles. The Morgan fingerprint density at radius 1 is 1.44 bits per heavy atom. The highest BCUT2D eigenvalue weighted by Crippen LogP contribution is 2.24. The van der Waals surface area contributed by atoms with Gasteiger partial charge in [-0.05, 0) is 51.0 Å². The molecule has 1 saturated heterocycles. The summed E-state index contributed by atoms with van der Waals surface area (Å²) in [6.07, 6.45) is 2.43. The third kappa shape index (κ3) is 3.16. The summed E-state index contributed by atoms with van der Waals surface area (Å²) in [5.41, 5.74) is 1.40. The van der Waals surface area contributed by atoms with E-state index < -0.39 is 0 Å². The molecule has 0 aromatic heterocycles. The van der Waals surface area contributed by atoms with Gasteiger partial charge in [0.1, 0.15) is 6.07 Å². The average molecular weight is 264 g/mol. The molecule has 1 aromatic carbocycles. The minimum Gasteiger partial charge on any atom is -0.384 e. The van der Waals surface area contributed by atoms with Crippen LogP contribution >= 0.6 is 11.6 Å². The van der Waals surface area contributed by atoms with Gasteiger partial charge in [0.05, 0.1) is 16.3 Å². The second-order valence-electron chi connectivity index (χ2n) is 4.90. The van der Waals surface area contributed by atoms with Crippen molar-refractivity contribution >= 4 is 17.3 Å². The Bertz CT molecular complexity index is 445. The van der Waals surface area contributed by atoms with Gasteiger partial charge >= 0.3 is 0 Å². The smallest absolute Gasteiger partial charge is 0.103 e. The molecule has 2 rings (SSSR count). The first-order chi connectivity index (χ1) is 8.70. The lowest BCUT2D eigenvalue weighted by Gasteiger charge is -2.29. The molecule has 96 valence electrons. The zero-order valence-corrected chi connectivity index (χ0v) is 11.4. The van der Waals surface area contributed by atoms with Crippen LogP contribution in [0.15, 0.2) is 18.2 Å². The highest BCUT2D eigenvalue weighted by molar-refractivity contribution is 6.32. The van der Waals surface area contributed by atoms with Crippen LogP contribution in [0.1, 0.15) is 18.4 Å². The van der Waals surface area contributed by atoms with E-state index in [1.807, 2.05) is 12.1 Å². The molecule has 0 spiro atoms. The van der Waals surface area contributed by atoms with Crippen LogP contribution in [-0.4, -0.2) is 31.6 Å². The van der Waals surface area contributed by atoms with Crippen LogP contribution in [0, 0.1) is 17.2 Å². The fourth-order valence-corrected chi connectivity index (χ4v) is 2.52. The number of piperidine rings is 1. The normalized spacial score (nSPS) is 17.4. The summed E-state index contributed by atoms with van der Waals surface area (Å²) in [4.78, 5) is 2.36. The van der Waals surface area contributed by atoms with Crippen LogP contribution < -0.4 is 5.32 Å². The molecule has 1 N–H and O–H groups in total. The molecule has 0 radical (unpaired) electrons. The largest absolute Gasteiger partial charge is 0.384 e. The van der Waals surface area contributed by atoms with Gasteiger partial charge in [-0.2, -0.15) is 5.26 Å². The Hall–Kier alpha value is -1.24. The SMILES string of the molecule is CN1CCC(CNc2cccc(Cl)c2C#N)CC1. The van der Waals surface area contributed by atoms with Crippen LogP contribution in [0.3, 0.4) is 0 Å². The van der Waals surface area contributed by atoms with Crippen molar-refractivity contribution in [1.29, 1.82) is 5.26 Å². The molecule has 0 amide bonds. The lowest BCUT2D eigenvalue weighted by Crippen LogP contribution is -2.33. The molecule has 0 atom stereocenters. The molecule has 0 aliphatic carbocycles. The molecule has 1 heterocycles. The van der Waals surface area contributed by atoms with E-state index in [9.17, 15) is 0 Å². The quantitative estimate of drug-likeness (QED) is 0.911. The lowest BCUT2D eigenvalue weighted by atomic mass is 9.97. The summed E-state index contributed by atoms with van der Waals surface area (Å²) in [7, 11) is 2.16. The van der Waals surface area contributed by atoms with Crippen LogP contribution in [0.2, 0.25) is 5.02 Å². The second-order valence-corrected chi connectivity index (χ2v) is 5.31. The molecular weight excluding hydrogens is 246 g/mol. The zero-order valence-electron chi connectivity index (χ0n) is 10.6. The van der Waals surface area contributed by atoms with Crippen molar-refractivity contribution in [3.8, 4) is 6.07 Å². The fraction of sp³-hybridized carbons (Fsp3) is 0.500. The van der Waals surface area contributed by atoms with Crippen molar-refractivity contribution in [3.05, 3.63) is 28.8 Å². The van der Waals surface area contributed by atoms with Crippen LogP contribution in [0.4, 0.5) is 5.69 Å². The Morgan fingerprint density at radius 2 is 2.17 bits per heavy atom. The van der Waals surface area contributed by atoms with Crippen LogP contribution in [0.5, 0.6) is 0 Å². The van der Waals surface area contributed by atoms with Gasteiger partial charge in [0.25, 0.3) is 0 Å². The van der Waals surface area contributed by atoms with Gasteiger partial charge < -0.3 is 10.2 Å². The van der Waals surface area contributed by atoms with Gasteiger partial charge in [0, 0.05) is 6.54 Å². The number of halogens is 1. The van der Waals surface area contributed by atoms with Gasteiger partial charge in [0.15, 0.2) is 0 Å². The Labute approximate surface area is 113 Å². The molecule has 1 aliphatic rings. The molecule has 1 aromatic rings. The second kappa shape index (κ2) is 6.08. The van der Waals surface area contributed by atoms with E-state index in [1.54, 1.807) is 6.07 Å². The topological polar surface area (TPSA) is 39.1 Å². The van der Waals surface area contributed by atoms with Gasteiger partial charge in [-0.25, -0.2) is 0 Å². The maximum atomic E-state index is 9.09. The number of likely N-dealkylation sites (tertiary alicyclic amines) is 1. The highest BCUT2D eigenvalue weighted by Gasteiger charge is 2.16. The van der Waals surface area contributed by atoms with Gasteiger partial charge in [-0.1, -0.05) is 17.7 Å². The molecule has 1 fully saturated rings. The Balaban J connectivity index is 1.95. The molecule has 3 nitrogen and oxygen atoms in total. The van der Waals surface area contributed by atoms with E-state index in [0.29, 0.717) is 16.5 Å². The summed E-state index contributed by atoms with van der Waals surface area (Å²) in [5, 5.41) is 13.0. The van der Waals surface area contributed by atoms with Crippen LogP contribution in [0.25, 0.3) is 0 Å². The molecule has 4 heteroatoms. The molecular formula is C14H18ClN3. The minimum atomic E-state index is 0.519. The number of anilines is 1. The van der Waals surface area contributed by atoms with E-state index in [1.165, 1.54) is 12.8 Å². The zero-order chi connectivity index (χ0) is 13.0. The third-order valence-corrected chi connectivity index (χ3v) is 3.86. The monoisotopic (exact) mass is 263 g/mol. The summed E-state index contributed by atoms with van der Waals surface area (Å²) >= 11 is 6.00. The van der Waals surface area contributed by atoms with Gasteiger partial charge in [-0.3, -0.25) is 0 Å². The summed E-state index contributed by atoms with van der Waals surface area (Å²) in [6, 6.07) is 7.70. The number of rotatable bonds is 3. The number of nitrogens with zero attached hydrogens (tertiary/aromatic N) is 2. The van der Waals surface area contributed by atoms with Crippen molar-refractivity contribution in [2.45, 2.75) is 12.8 Å². The highest BCUT2D eigenvalue weighted by atomic mass is 35.5. The van der Waals surface area contributed by atoms with E-state index >= 15 is 0 Å². The fourth-order valence-electron chi connectivity index (χ4n) is 2.31. The number of hydrogen-bond donors (Lipinski definition) is 1. The lowest BCUT2D eigenvalue weighted by molar-refractivity contribution is 0.226. The molecule has 0 unspecified atom stereocenters. The first kappa shape index (κ1) is 13.2. The number of hydrogen-bond acceptors (Lipinski definition) is 3. The number of nitriles is 1. The maximum Gasteiger partial charge on any atom is 0.103 e. The maximum absolute atomic E-state index is 9.09. The number of nitrogens with one attached hydrogen (secondary N) is 1. The van der Waals surface area contributed by atoms with E-state index in [-0.39, 0.29) is 0 Å². The van der Waals surface area contributed by atoms with Gasteiger partial charge in [0.2, 0.25) is 0 Å². The van der Waals surface area contributed by atoms with Crippen molar-refractivity contribution in [2.75, 3.05) is 32.0 Å². The molecule has 0 saturated carbocycles.